The Bertz CT molecular complexity index is 252. The fourth-order valence-electron chi connectivity index (χ4n) is 2.34. The molecular weight excluding hydrogens is 176 g/mol. The van der Waals surface area contributed by atoms with Gasteiger partial charge in [0, 0.05) is 0 Å². The number of hydrogen-bond donors (Lipinski definition) is 2. The molecule has 1 atom stereocenters. The number of hydrogen-bond acceptors (Lipinski definition) is 3. The van der Waals surface area contributed by atoms with E-state index < -0.39 is 0 Å². The molecule has 0 aromatic carbocycles. The average molecular weight is 194 g/mol. The molecule has 0 aliphatic heterocycles. The molecule has 1 fully saturated rings. The third-order valence-electron chi connectivity index (χ3n) is 3.13. The quantitative estimate of drug-likeness (QED) is 0.571. The van der Waals surface area contributed by atoms with Crippen LogP contribution in [0.4, 0.5) is 0 Å². The molecule has 1 unspecified atom stereocenters. The van der Waals surface area contributed by atoms with E-state index in [1.807, 2.05) is 12.1 Å². The maximum absolute atomic E-state index is 5.53. The lowest BCUT2D eigenvalue weighted by atomic mass is 9.97. The van der Waals surface area contributed by atoms with Crippen molar-refractivity contribution >= 4 is 0 Å². The van der Waals surface area contributed by atoms with Gasteiger partial charge in [-0.3, -0.25) is 5.84 Å². The van der Waals surface area contributed by atoms with Gasteiger partial charge in [0.25, 0.3) is 0 Å². The van der Waals surface area contributed by atoms with E-state index in [9.17, 15) is 0 Å². The van der Waals surface area contributed by atoms with E-state index >= 15 is 0 Å². The number of nitrogens with one attached hydrogen (secondary N) is 1. The molecule has 3 heteroatoms. The molecule has 1 aliphatic rings. The van der Waals surface area contributed by atoms with Crippen molar-refractivity contribution in [3.8, 4) is 0 Å². The van der Waals surface area contributed by atoms with Gasteiger partial charge in [0.2, 0.25) is 0 Å². The van der Waals surface area contributed by atoms with Crippen LogP contribution in [-0.2, 0) is 0 Å². The summed E-state index contributed by atoms with van der Waals surface area (Å²) in [6.45, 7) is 0. The van der Waals surface area contributed by atoms with E-state index in [-0.39, 0.29) is 6.04 Å². The van der Waals surface area contributed by atoms with Crippen LogP contribution in [0.25, 0.3) is 0 Å². The molecule has 1 aromatic rings. The highest BCUT2D eigenvalue weighted by atomic mass is 16.3. The molecule has 1 aliphatic carbocycles. The molecule has 14 heavy (non-hydrogen) atoms. The summed E-state index contributed by atoms with van der Waals surface area (Å²) in [6.07, 6.45) is 8.25. The van der Waals surface area contributed by atoms with Crippen LogP contribution in [0, 0.1) is 5.92 Å². The van der Waals surface area contributed by atoms with E-state index in [1.54, 1.807) is 6.26 Å². The van der Waals surface area contributed by atoms with Crippen LogP contribution < -0.4 is 11.3 Å². The Labute approximate surface area is 84.6 Å². The first kappa shape index (κ1) is 9.74. The van der Waals surface area contributed by atoms with Crippen LogP contribution >= 0.6 is 0 Å². The van der Waals surface area contributed by atoms with Gasteiger partial charge in [-0.15, -0.1) is 0 Å². The van der Waals surface area contributed by atoms with Crippen molar-refractivity contribution in [2.24, 2.45) is 11.8 Å². The van der Waals surface area contributed by atoms with Gasteiger partial charge in [0.1, 0.15) is 5.76 Å². The van der Waals surface area contributed by atoms with Crippen molar-refractivity contribution in [2.45, 2.75) is 38.1 Å². The van der Waals surface area contributed by atoms with E-state index in [1.165, 1.54) is 25.7 Å². The second-order valence-corrected chi connectivity index (χ2v) is 4.12. The maximum atomic E-state index is 5.53. The number of rotatable bonds is 4. The predicted octanol–water partition coefficient (Wildman–Crippen LogP) is 2.36. The minimum Gasteiger partial charge on any atom is -0.468 e. The fourth-order valence-corrected chi connectivity index (χ4v) is 2.34. The Morgan fingerprint density at radius 1 is 1.50 bits per heavy atom. The Kier molecular flexibility index (Phi) is 3.22. The summed E-state index contributed by atoms with van der Waals surface area (Å²) in [5, 5.41) is 0. The highest BCUT2D eigenvalue weighted by Crippen LogP contribution is 2.32. The molecule has 3 N–H and O–H groups in total. The van der Waals surface area contributed by atoms with E-state index in [0.717, 1.165) is 18.1 Å². The number of furan rings is 1. The first-order valence-electron chi connectivity index (χ1n) is 5.39. The maximum Gasteiger partial charge on any atom is 0.122 e. The molecule has 2 rings (SSSR count). The Morgan fingerprint density at radius 3 is 2.86 bits per heavy atom. The summed E-state index contributed by atoms with van der Waals surface area (Å²) in [6, 6.07) is 4.08. The third kappa shape index (κ3) is 2.16. The molecular formula is C11H18N2O. The Morgan fingerprint density at radius 2 is 2.29 bits per heavy atom. The summed E-state index contributed by atoms with van der Waals surface area (Å²) in [4.78, 5) is 0. The van der Waals surface area contributed by atoms with Crippen molar-refractivity contribution < 1.29 is 4.42 Å². The zero-order valence-corrected chi connectivity index (χ0v) is 8.41. The molecule has 0 spiro atoms. The smallest absolute Gasteiger partial charge is 0.122 e. The van der Waals surface area contributed by atoms with Gasteiger partial charge in [0.05, 0.1) is 12.3 Å². The molecule has 1 heterocycles. The van der Waals surface area contributed by atoms with Crippen LogP contribution in [0.2, 0.25) is 0 Å². The lowest BCUT2D eigenvalue weighted by Gasteiger charge is -2.17. The van der Waals surface area contributed by atoms with Crippen molar-refractivity contribution in [1.29, 1.82) is 0 Å². The predicted molar refractivity (Wildman–Crippen MR) is 55.3 cm³/mol. The minimum atomic E-state index is 0.188. The van der Waals surface area contributed by atoms with Crippen molar-refractivity contribution in [3.05, 3.63) is 24.2 Å². The van der Waals surface area contributed by atoms with Crippen LogP contribution in [0.1, 0.15) is 43.9 Å². The second-order valence-electron chi connectivity index (χ2n) is 4.12. The lowest BCUT2D eigenvalue weighted by Crippen LogP contribution is -2.29. The zero-order chi connectivity index (χ0) is 9.80. The number of nitrogens with two attached hydrogens (primary N) is 1. The first-order valence-corrected chi connectivity index (χ1v) is 5.39. The summed E-state index contributed by atoms with van der Waals surface area (Å²) >= 11 is 0. The highest BCUT2D eigenvalue weighted by Gasteiger charge is 2.21. The monoisotopic (exact) mass is 194 g/mol. The van der Waals surface area contributed by atoms with Gasteiger partial charge < -0.3 is 4.42 Å². The van der Waals surface area contributed by atoms with E-state index in [0.29, 0.717) is 0 Å². The normalized spacial score (nSPS) is 20.1. The van der Waals surface area contributed by atoms with Crippen molar-refractivity contribution in [2.75, 3.05) is 0 Å². The lowest BCUT2D eigenvalue weighted by molar-refractivity contribution is 0.346. The third-order valence-corrected chi connectivity index (χ3v) is 3.13. The topological polar surface area (TPSA) is 51.2 Å². The van der Waals surface area contributed by atoms with Gasteiger partial charge >= 0.3 is 0 Å². The minimum absolute atomic E-state index is 0.188. The summed E-state index contributed by atoms with van der Waals surface area (Å²) < 4.78 is 5.35. The zero-order valence-electron chi connectivity index (χ0n) is 8.41. The highest BCUT2D eigenvalue weighted by molar-refractivity contribution is 5.04. The van der Waals surface area contributed by atoms with Crippen LogP contribution in [-0.4, -0.2) is 0 Å². The largest absolute Gasteiger partial charge is 0.468 e. The Balaban J connectivity index is 1.93. The van der Waals surface area contributed by atoms with E-state index in [4.69, 9.17) is 10.3 Å². The Hall–Kier alpha value is -0.800. The van der Waals surface area contributed by atoms with Crippen molar-refractivity contribution in [3.63, 3.8) is 0 Å². The van der Waals surface area contributed by atoms with E-state index in [2.05, 4.69) is 5.43 Å². The first-order chi connectivity index (χ1) is 6.90. The molecule has 0 radical (unpaired) electrons. The SMILES string of the molecule is NNC(CC1CCCC1)c1ccco1. The van der Waals surface area contributed by atoms with Gasteiger partial charge in [-0.25, -0.2) is 5.43 Å². The molecule has 0 amide bonds. The molecule has 1 aromatic heterocycles. The van der Waals surface area contributed by atoms with Gasteiger partial charge in [-0.1, -0.05) is 25.7 Å². The van der Waals surface area contributed by atoms with Gasteiger partial charge in [-0.05, 0) is 24.5 Å². The molecule has 0 saturated heterocycles. The average Bonchev–Trinajstić information content (AvgIpc) is 2.86. The molecule has 0 bridgehead atoms. The second kappa shape index (κ2) is 4.62. The van der Waals surface area contributed by atoms with Crippen LogP contribution in [0.3, 0.4) is 0 Å². The van der Waals surface area contributed by atoms with Gasteiger partial charge in [0.15, 0.2) is 0 Å². The van der Waals surface area contributed by atoms with Gasteiger partial charge in [-0.2, -0.15) is 0 Å². The summed E-state index contributed by atoms with van der Waals surface area (Å²) in [5.74, 6) is 7.31. The van der Waals surface area contributed by atoms with Crippen LogP contribution in [0.5, 0.6) is 0 Å². The van der Waals surface area contributed by atoms with Crippen molar-refractivity contribution in [1.82, 2.24) is 5.43 Å². The standard InChI is InChI=1S/C11H18N2O/c12-13-10(11-6-3-7-14-11)8-9-4-1-2-5-9/h3,6-7,9-10,13H,1-2,4-5,8,12H2. The molecule has 78 valence electrons. The number of hydrazine groups is 1. The summed E-state index contributed by atoms with van der Waals surface area (Å²) in [7, 11) is 0. The van der Waals surface area contributed by atoms with Crippen LogP contribution in [0.15, 0.2) is 22.8 Å². The molecule has 1 saturated carbocycles. The summed E-state index contributed by atoms with van der Waals surface area (Å²) in [5.41, 5.74) is 2.84. The molecule has 3 nitrogen and oxygen atoms in total. The fraction of sp³-hybridized carbons (Fsp3) is 0.636.